The number of aliphatic hydroxyl groups is 1. The highest BCUT2D eigenvalue weighted by Gasteiger charge is 2.50. The molecule has 1 atom stereocenters. The molecule has 5 rings (SSSR count). The van der Waals surface area contributed by atoms with E-state index in [0.717, 1.165) is 42.1 Å². The molecule has 2 heterocycles. The highest BCUT2D eigenvalue weighted by atomic mass is 35.5. The molecule has 0 bridgehead atoms. The summed E-state index contributed by atoms with van der Waals surface area (Å²) in [6.45, 7) is 0. The predicted octanol–water partition coefficient (Wildman–Crippen LogP) is 5.86. The molecule has 34 heavy (non-hydrogen) atoms. The van der Waals surface area contributed by atoms with Gasteiger partial charge in [0.1, 0.15) is 5.76 Å². The molecule has 0 radical (unpaired) electrons. The number of hydrogen-bond donors (Lipinski definition) is 1. The van der Waals surface area contributed by atoms with Gasteiger partial charge in [-0.3, -0.25) is 9.59 Å². The van der Waals surface area contributed by atoms with Crippen LogP contribution in [-0.2, 0) is 16.6 Å². The van der Waals surface area contributed by atoms with E-state index < -0.39 is 17.7 Å². The number of halogens is 2. The monoisotopic (exact) mass is 498 g/mol. The number of ether oxygens (including phenoxy) is 1. The summed E-state index contributed by atoms with van der Waals surface area (Å²) in [5.74, 6) is -1.32. The first-order chi connectivity index (χ1) is 16.3. The quantitative estimate of drug-likeness (QED) is 0.277. The number of para-hydroxylation sites is 1. The van der Waals surface area contributed by atoms with Crippen LogP contribution in [-0.4, -0.2) is 39.4 Å². The zero-order chi connectivity index (χ0) is 24.1. The SMILES string of the molecule is COc1c(Cl)cc(/C(O)=C2\C(=O)C(=O)N(C3CCCC3)C2c2cn(C)c3ccccc23)cc1Cl. The first-order valence-electron chi connectivity index (χ1n) is 11.2. The Bertz CT molecular complexity index is 1330. The van der Waals surface area contributed by atoms with Crippen LogP contribution < -0.4 is 4.74 Å². The largest absolute Gasteiger partial charge is 0.507 e. The molecular weight excluding hydrogens is 475 g/mol. The Morgan fingerprint density at radius 2 is 1.74 bits per heavy atom. The van der Waals surface area contributed by atoms with Gasteiger partial charge >= 0.3 is 0 Å². The summed E-state index contributed by atoms with van der Waals surface area (Å²) in [5, 5.41) is 12.7. The van der Waals surface area contributed by atoms with E-state index in [-0.39, 0.29) is 38.7 Å². The Morgan fingerprint density at radius 1 is 1.09 bits per heavy atom. The Morgan fingerprint density at radius 3 is 2.38 bits per heavy atom. The topological polar surface area (TPSA) is 71.8 Å². The number of aliphatic hydroxyl groups excluding tert-OH is 1. The minimum atomic E-state index is -0.714. The summed E-state index contributed by atoms with van der Waals surface area (Å²) in [6.07, 6.45) is 5.59. The number of fused-ring (bicyclic) bond motifs is 1. The van der Waals surface area contributed by atoms with Gasteiger partial charge in [0.05, 0.1) is 28.8 Å². The second kappa shape index (κ2) is 8.67. The van der Waals surface area contributed by atoms with Crippen LogP contribution >= 0.6 is 23.2 Å². The Balaban J connectivity index is 1.76. The summed E-state index contributed by atoms with van der Waals surface area (Å²) < 4.78 is 7.18. The van der Waals surface area contributed by atoms with Crippen LogP contribution in [0.2, 0.25) is 10.0 Å². The van der Waals surface area contributed by atoms with Gasteiger partial charge in [0.15, 0.2) is 5.75 Å². The standard InChI is InChI=1S/C26H24Cl2N2O4/c1-29-13-17(16-9-5-6-10-20(16)29)22-21(24(32)26(33)30(22)15-7-3-4-8-15)23(31)14-11-18(27)25(34-2)19(28)12-14/h5-6,9-13,15,22,31H,3-4,7-8H2,1-2H3/b23-21+. The number of methoxy groups -OCH3 is 1. The lowest BCUT2D eigenvalue weighted by atomic mass is 9.94. The van der Waals surface area contributed by atoms with E-state index in [4.69, 9.17) is 27.9 Å². The third-order valence-corrected chi connectivity index (χ3v) is 7.46. The lowest BCUT2D eigenvalue weighted by molar-refractivity contribution is -0.141. The molecule has 176 valence electrons. The number of amides is 1. The maximum atomic E-state index is 13.4. The number of likely N-dealkylation sites (tertiary alicyclic amines) is 1. The van der Waals surface area contributed by atoms with Gasteiger partial charge in [0, 0.05) is 41.3 Å². The maximum Gasteiger partial charge on any atom is 0.295 e. The second-order valence-electron chi connectivity index (χ2n) is 8.83. The van der Waals surface area contributed by atoms with Crippen LogP contribution in [0, 0.1) is 0 Å². The summed E-state index contributed by atoms with van der Waals surface area (Å²) in [4.78, 5) is 28.4. The van der Waals surface area contributed by atoms with Crippen molar-refractivity contribution in [3.63, 3.8) is 0 Å². The maximum absolute atomic E-state index is 13.4. The molecule has 6 nitrogen and oxygen atoms in total. The molecule has 8 heteroatoms. The Hall–Kier alpha value is -2.96. The van der Waals surface area contributed by atoms with Crippen LogP contribution in [0.1, 0.15) is 42.9 Å². The van der Waals surface area contributed by atoms with Crippen molar-refractivity contribution in [1.29, 1.82) is 0 Å². The molecule has 1 aromatic heterocycles. The van der Waals surface area contributed by atoms with Crippen LogP contribution in [0.4, 0.5) is 0 Å². The number of benzene rings is 2. The highest BCUT2D eigenvalue weighted by molar-refractivity contribution is 6.47. The van der Waals surface area contributed by atoms with Crippen molar-refractivity contribution in [3.8, 4) is 5.75 Å². The average Bonchev–Trinajstić information content (AvgIpc) is 3.51. The second-order valence-corrected chi connectivity index (χ2v) is 9.64. The molecule has 0 spiro atoms. The first kappa shape index (κ1) is 22.8. The van der Waals surface area contributed by atoms with Crippen molar-refractivity contribution in [3.05, 3.63) is 69.3 Å². The number of ketones is 1. The summed E-state index contributed by atoms with van der Waals surface area (Å²) in [7, 11) is 3.37. The number of nitrogens with zero attached hydrogens (tertiary/aromatic N) is 2. The van der Waals surface area contributed by atoms with Crippen molar-refractivity contribution in [2.24, 2.45) is 7.05 Å². The van der Waals surface area contributed by atoms with Gasteiger partial charge in [-0.1, -0.05) is 54.2 Å². The highest BCUT2D eigenvalue weighted by Crippen LogP contribution is 2.46. The van der Waals surface area contributed by atoms with Crippen molar-refractivity contribution in [2.45, 2.75) is 37.8 Å². The van der Waals surface area contributed by atoms with E-state index in [9.17, 15) is 14.7 Å². The first-order valence-corrected chi connectivity index (χ1v) is 12.0. The van der Waals surface area contributed by atoms with Crippen LogP contribution in [0.25, 0.3) is 16.7 Å². The fourth-order valence-corrected chi connectivity index (χ4v) is 5.99. The molecule has 1 N–H and O–H groups in total. The lowest BCUT2D eigenvalue weighted by Crippen LogP contribution is -2.37. The molecule has 1 aliphatic carbocycles. The molecule has 1 saturated heterocycles. The Labute approximate surface area is 207 Å². The number of aromatic nitrogens is 1. The molecule has 1 amide bonds. The van der Waals surface area contributed by atoms with Crippen LogP contribution in [0.3, 0.4) is 0 Å². The van der Waals surface area contributed by atoms with Gasteiger partial charge in [-0.25, -0.2) is 0 Å². The smallest absolute Gasteiger partial charge is 0.295 e. The van der Waals surface area contributed by atoms with Gasteiger partial charge in [0.2, 0.25) is 0 Å². The van der Waals surface area contributed by atoms with Crippen LogP contribution in [0.5, 0.6) is 5.75 Å². The number of Topliss-reactive ketones (excluding diaryl/α,β-unsaturated/α-hetero) is 1. The Kier molecular flexibility index (Phi) is 5.82. The summed E-state index contributed by atoms with van der Waals surface area (Å²) in [6, 6.07) is 10.0. The van der Waals surface area contributed by atoms with Crippen molar-refractivity contribution >= 4 is 51.6 Å². The number of aryl methyl sites for hydroxylation is 1. The summed E-state index contributed by atoms with van der Waals surface area (Å²) >= 11 is 12.6. The predicted molar refractivity (Wildman–Crippen MR) is 132 cm³/mol. The molecule has 1 unspecified atom stereocenters. The number of carbonyl (C=O) groups is 2. The molecule has 2 aliphatic rings. The third-order valence-electron chi connectivity index (χ3n) is 6.90. The minimum Gasteiger partial charge on any atom is -0.507 e. The minimum absolute atomic E-state index is 0.0468. The molecule has 2 aromatic carbocycles. The zero-order valence-electron chi connectivity index (χ0n) is 18.8. The lowest BCUT2D eigenvalue weighted by Gasteiger charge is -2.30. The number of hydrogen-bond acceptors (Lipinski definition) is 4. The molecule has 1 saturated carbocycles. The van der Waals surface area contributed by atoms with Crippen molar-refractivity contribution in [1.82, 2.24) is 9.47 Å². The fourth-order valence-electron chi connectivity index (χ4n) is 5.35. The average molecular weight is 499 g/mol. The zero-order valence-corrected chi connectivity index (χ0v) is 20.4. The van der Waals surface area contributed by atoms with Crippen molar-refractivity contribution < 1.29 is 19.4 Å². The molecule has 2 fully saturated rings. The third kappa shape index (κ3) is 3.48. The van der Waals surface area contributed by atoms with E-state index in [0.29, 0.717) is 0 Å². The molecule has 3 aromatic rings. The van der Waals surface area contributed by atoms with Gasteiger partial charge in [-0.2, -0.15) is 0 Å². The number of rotatable bonds is 4. The number of carbonyl (C=O) groups excluding carboxylic acids is 2. The van der Waals surface area contributed by atoms with E-state index in [2.05, 4.69) is 0 Å². The normalized spacial score (nSPS) is 20.6. The molecular formula is C26H24Cl2N2O4. The molecule has 1 aliphatic heterocycles. The van der Waals surface area contributed by atoms with Gasteiger partial charge in [-0.15, -0.1) is 0 Å². The fraction of sp³-hybridized carbons (Fsp3) is 0.308. The van der Waals surface area contributed by atoms with E-state index in [1.807, 2.05) is 42.1 Å². The van der Waals surface area contributed by atoms with Crippen molar-refractivity contribution in [2.75, 3.05) is 7.11 Å². The van der Waals surface area contributed by atoms with E-state index >= 15 is 0 Å². The van der Waals surface area contributed by atoms with Gasteiger partial charge in [0.25, 0.3) is 11.7 Å². The van der Waals surface area contributed by atoms with Gasteiger partial charge < -0.3 is 19.3 Å². The van der Waals surface area contributed by atoms with E-state index in [1.165, 1.54) is 19.2 Å². The van der Waals surface area contributed by atoms with Crippen LogP contribution in [0.15, 0.2) is 48.2 Å². The summed E-state index contributed by atoms with van der Waals surface area (Å²) in [5.41, 5.74) is 2.08. The van der Waals surface area contributed by atoms with Gasteiger partial charge in [-0.05, 0) is 31.0 Å². The van der Waals surface area contributed by atoms with E-state index in [1.54, 1.807) is 4.90 Å².